The highest BCUT2D eigenvalue weighted by Gasteiger charge is 2.50. The van der Waals surface area contributed by atoms with Crippen LogP contribution in [-0.2, 0) is 14.6 Å². The first kappa shape index (κ1) is 22.8. The summed E-state index contributed by atoms with van der Waals surface area (Å²) < 4.78 is 40.9. The third kappa shape index (κ3) is 4.82. The Kier molecular flexibility index (Phi) is 6.55. The Morgan fingerprint density at radius 2 is 1.84 bits per heavy atom. The molecule has 0 N–H and O–H groups in total. The molecular formula is C21H21ClN2O6S2. The van der Waals surface area contributed by atoms with Crippen LogP contribution in [0.4, 0.5) is 5.69 Å². The Hall–Kier alpha value is -2.43. The van der Waals surface area contributed by atoms with Crippen molar-refractivity contribution in [2.24, 2.45) is 4.99 Å². The summed E-state index contributed by atoms with van der Waals surface area (Å²) in [4.78, 5) is 18.6. The Morgan fingerprint density at radius 1 is 1.12 bits per heavy atom. The van der Waals surface area contributed by atoms with Crippen LogP contribution in [0.1, 0.15) is 0 Å². The number of fused-ring (bicyclic) bond motifs is 1. The molecule has 0 saturated carbocycles. The van der Waals surface area contributed by atoms with Gasteiger partial charge in [0.25, 0.3) is 5.91 Å². The van der Waals surface area contributed by atoms with E-state index in [0.717, 1.165) is 0 Å². The lowest BCUT2D eigenvalue weighted by Gasteiger charge is -2.26. The van der Waals surface area contributed by atoms with Crippen LogP contribution < -0.4 is 19.1 Å². The van der Waals surface area contributed by atoms with E-state index in [-0.39, 0.29) is 29.4 Å². The Labute approximate surface area is 195 Å². The summed E-state index contributed by atoms with van der Waals surface area (Å²) in [5.41, 5.74) is 0.592. The van der Waals surface area contributed by atoms with Crippen molar-refractivity contribution < 1.29 is 27.4 Å². The van der Waals surface area contributed by atoms with Crippen molar-refractivity contribution in [2.45, 2.75) is 11.3 Å². The van der Waals surface area contributed by atoms with Crippen LogP contribution >= 0.6 is 23.4 Å². The van der Waals surface area contributed by atoms with Gasteiger partial charge in [-0.2, -0.15) is 4.99 Å². The molecule has 32 heavy (non-hydrogen) atoms. The van der Waals surface area contributed by atoms with Crippen molar-refractivity contribution in [3.8, 4) is 17.2 Å². The van der Waals surface area contributed by atoms with Gasteiger partial charge in [0, 0.05) is 16.3 Å². The smallest absolute Gasteiger partial charge is 0.285 e. The number of hydrogen-bond acceptors (Lipinski definition) is 7. The molecule has 2 aliphatic rings. The number of carbonyl (C=O) groups is 1. The van der Waals surface area contributed by atoms with E-state index in [2.05, 4.69) is 4.99 Å². The van der Waals surface area contributed by atoms with Crippen LogP contribution in [-0.4, -0.2) is 63.1 Å². The van der Waals surface area contributed by atoms with E-state index in [4.69, 9.17) is 25.8 Å². The summed E-state index contributed by atoms with van der Waals surface area (Å²) in [6.07, 6.45) is 0. The summed E-state index contributed by atoms with van der Waals surface area (Å²) in [5.74, 6) is 1.10. The van der Waals surface area contributed by atoms with Crippen LogP contribution in [0.5, 0.6) is 17.2 Å². The number of sulfone groups is 1. The molecular weight excluding hydrogens is 476 g/mol. The lowest BCUT2D eigenvalue weighted by atomic mass is 10.2. The summed E-state index contributed by atoms with van der Waals surface area (Å²) in [6.45, 7) is -0.261. The maximum Gasteiger partial charge on any atom is 0.285 e. The Balaban J connectivity index is 1.63. The third-order valence-electron chi connectivity index (χ3n) is 5.11. The molecule has 2 atom stereocenters. The van der Waals surface area contributed by atoms with Crippen LogP contribution in [0.2, 0.25) is 5.02 Å². The number of methoxy groups -OCH3 is 2. The number of amides is 1. The van der Waals surface area contributed by atoms with Crippen LogP contribution in [0.15, 0.2) is 47.5 Å². The van der Waals surface area contributed by atoms with Crippen molar-refractivity contribution in [1.29, 1.82) is 0 Å². The molecule has 2 heterocycles. The molecule has 1 amide bonds. The van der Waals surface area contributed by atoms with Gasteiger partial charge in [0.2, 0.25) is 0 Å². The quantitative estimate of drug-likeness (QED) is 0.602. The van der Waals surface area contributed by atoms with Gasteiger partial charge in [-0.1, -0.05) is 23.4 Å². The van der Waals surface area contributed by atoms with Gasteiger partial charge in [-0.25, -0.2) is 8.42 Å². The largest absolute Gasteiger partial charge is 0.497 e. The molecule has 4 rings (SSSR count). The molecule has 0 unspecified atom stereocenters. The normalized spacial score (nSPS) is 22.6. The number of hydrogen-bond donors (Lipinski definition) is 0. The number of aliphatic imine (C=N–C) groups is 1. The van der Waals surface area contributed by atoms with Crippen molar-refractivity contribution in [1.82, 2.24) is 0 Å². The number of amidine groups is 1. The Bertz CT molecular complexity index is 1150. The number of halogens is 1. The van der Waals surface area contributed by atoms with Gasteiger partial charge < -0.3 is 19.1 Å². The van der Waals surface area contributed by atoms with E-state index in [1.807, 2.05) is 0 Å². The molecule has 2 fully saturated rings. The fourth-order valence-electron chi connectivity index (χ4n) is 3.65. The second-order valence-electron chi connectivity index (χ2n) is 7.24. The first-order valence-corrected chi connectivity index (χ1v) is 12.8. The summed E-state index contributed by atoms with van der Waals surface area (Å²) in [7, 11) is -0.125. The van der Waals surface area contributed by atoms with E-state index in [0.29, 0.717) is 33.1 Å². The number of rotatable bonds is 6. The number of anilines is 1. The highest BCUT2D eigenvalue weighted by Crippen LogP contribution is 2.44. The number of benzene rings is 2. The molecule has 8 nitrogen and oxygen atoms in total. The van der Waals surface area contributed by atoms with Crippen molar-refractivity contribution in [2.75, 3.05) is 37.2 Å². The lowest BCUT2D eigenvalue weighted by Crippen LogP contribution is -2.38. The maximum absolute atomic E-state index is 12.6. The summed E-state index contributed by atoms with van der Waals surface area (Å²) >= 11 is 7.14. The van der Waals surface area contributed by atoms with Crippen molar-refractivity contribution >= 4 is 50.0 Å². The molecule has 0 radical (unpaired) electrons. The molecule has 0 aliphatic carbocycles. The van der Waals surface area contributed by atoms with Crippen molar-refractivity contribution in [3.63, 3.8) is 0 Å². The second kappa shape index (κ2) is 9.21. The van der Waals surface area contributed by atoms with Gasteiger partial charge in [-0.05, 0) is 36.4 Å². The minimum Gasteiger partial charge on any atom is -0.497 e. The first-order valence-electron chi connectivity index (χ1n) is 9.68. The molecule has 0 bridgehead atoms. The topological polar surface area (TPSA) is 94.5 Å². The zero-order chi connectivity index (χ0) is 22.9. The van der Waals surface area contributed by atoms with E-state index >= 15 is 0 Å². The Morgan fingerprint density at radius 3 is 2.53 bits per heavy atom. The predicted molar refractivity (Wildman–Crippen MR) is 125 cm³/mol. The van der Waals surface area contributed by atoms with E-state index in [1.165, 1.54) is 18.9 Å². The standard InChI is InChI=1S/C21H21ClN2O6S2/c1-28-15-7-8-18(29-2)16(9-15)24-17-11-32(26,27)12-19(17)31-21(24)23-20(25)10-30-14-5-3-13(22)4-6-14/h3-9,17,19H,10-12H2,1-2H3/t17-,19-/m0/s1. The van der Waals surface area contributed by atoms with Gasteiger partial charge in [0.15, 0.2) is 21.6 Å². The number of thioether (sulfide) groups is 1. The van der Waals surface area contributed by atoms with E-state index in [1.54, 1.807) is 54.5 Å². The molecule has 0 aromatic heterocycles. The van der Waals surface area contributed by atoms with Crippen LogP contribution in [0, 0.1) is 0 Å². The fraction of sp³-hybridized carbons (Fsp3) is 0.333. The molecule has 11 heteroatoms. The van der Waals surface area contributed by atoms with Gasteiger partial charge in [0.1, 0.15) is 17.2 Å². The molecule has 170 valence electrons. The van der Waals surface area contributed by atoms with Gasteiger partial charge >= 0.3 is 0 Å². The zero-order valence-corrected chi connectivity index (χ0v) is 19.7. The summed E-state index contributed by atoms with van der Waals surface area (Å²) in [6, 6.07) is 11.5. The van der Waals surface area contributed by atoms with Crippen molar-refractivity contribution in [3.05, 3.63) is 47.5 Å². The predicted octanol–water partition coefficient (Wildman–Crippen LogP) is 3.04. The zero-order valence-electron chi connectivity index (χ0n) is 17.4. The second-order valence-corrected chi connectivity index (χ2v) is 11.0. The monoisotopic (exact) mass is 496 g/mol. The van der Waals surface area contributed by atoms with Gasteiger partial charge in [0.05, 0.1) is 37.5 Å². The number of ether oxygens (including phenoxy) is 3. The van der Waals surface area contributed by atoms with Gasteiger partial charge in [-0.3, -0.25) is 4.79 Å². The van der Waals surface area contributed by atoms with Crippen LogP contribution in [0.25, 0.3) is 0 Å². The van der Waals surface area contributed by atoms with E-state index in [9.17, 15) is 13.2 Å². The maximum atomic E-state index is 12.6. The molecule has 2 aromatic rings. The molecule has 2 aliphatic heterocycles. The fourth-order valence-corrected chi connectivity index (χ4v) is 7.70. The number of carbonyl (C=O) groups excluding carboxylic acids is 1. The van der Waals surface area contributed by atoms with Crippen LogP contribution in [0.3, 0.4) is 0 Å². The third-order valence-corrected chi connectivity index (χ3v) is 8.57. The average molecular weight is 497 g/mol. The molecule has 2 saturated heterocycles. The highest BCUT2D eigenvalue weighted by atomic mass is 35.5. The minimum absolute atomic E-state index is 0.0274. The SMILES string of the molecule is COc1ccc(OC)c(N2C(=NC(=O)COc3ccc(Cl)cc3)S[C@H]3CS(=O)(=O)C[C@@H]32)c1. The molecule has 0 spiro atoms. The number of nitrogens with zero attached hydrogens (tertiary/aromatic N) is 2. The lowest BCUT2D eigenvalue weighted by molar-refractivity contribution is -0.119. The summed E-state index contributed by atoms with van der Waals surface area (Å²) in [5, 5.41) is 0.737. The minimum atomic E-state index is -3.19. The van der Waals surface area contributed by atoms with Gasteiger partial charge in [-0.15, -0.1) is 0 Å². The van der Waals surface area contributed by atoms with E-state index < -0.39 is 15.7 Å². The highest BCUT2D eigenvalue weighted by molar-refractivity contribution is 8.16. The molecule has 2 aromatic carbocycles. The average Bonchev–Trinajstić information content (AvgIpc) is 3.23. The first-order chi connectivity index (χ1) is 15.3.